The van der Waals surface area contributed by atoms with Crippen molar-refractivity contribution in [3.8, 4) is 5.75 Å². The molecule has 2 nitrogen and oxygen atoms in total. The molecule has 1 heterocycles. The van der Waals surface area contributed by atoms with Crippen LogP contribution in [0.5, 0.6) is 5.75 Å². The van der Waals surface area contributed by atoms with Crippen molar-refractivity contribution in [2.45, 2.75) is 25.7 Å². The van der Waals surface area contributed by atoms with E-state index in [4.69, 9.17) is 4.74 Å². The van der Waals surface area contributed by atoms with Crippen LogP contribution in [0.15, 0.2) is 18.2 Å². The maximum atomic E-state index is 5.27. The van der Waals surface area contributed by atoms with Gasteiger partial charge in [0, 0.05) is 6.54 Å². The van der Waals surface area contributed by atoms with Crippen molar-refractivity contribution in [3.63, 3.8) is 0 Å². The van der Waals surface area contributed by atoms with Gasteiger partial charge in [-0.25, -0.2) is 0 Å². The molecule has 2 heteroatoms. The topological polar surface area (TPSA) is 21.3 Å². The highest BCUT2D eigenvalue weighted by molar-refractivity contribution is 5.37. The quantitative estimate of drug-likeness (QED) is 0.801. The fourth-order valence-corrected chi connectivity index (χ4v) is 2.29. The summed E-state index contributed by atoms with van der Waals surface area (Å²) in [4.78, 5) is 0. The van der Waals surface area contributed by atoms with E-state index in [0.717, 1.165) is 12.3 Å². The van der Waals surface area contributed by atoms with Gasteiger partial charge in [0.1, 0.15) is 5.75 Å². The van der Waals surface area contributed by atoms with Crippen LogP contribution in [0.4, 0.5) is 0 Å². The first-order valence-electron chi connectivity index (χ1n) is 5.66. The van der Waals surface area contributed by atoms with Gasteiger partial charge in [0.25, 0.3) is 0 Å². The third-order valence-electron chi connectivity index (χ3n) is 3.19. The lowest BCUT2D eigenvalue weighted by atomic mass is 9.91. The van der Waals surface area contributed by atoms with E-state index in [1.54, 1.807) is 7.11 Å². The summed E-state index contributed by atoms with van der Waals surface area (Å²) in [5.74, 6) is 1.67. The van der Waals surface area contributed by atoms with E-state index in [0.29, 0.717) is 5.92 Å². The Kier molecular flexibility index (Phi) is 3.27. The van der Waals surface area contributed by atoms with E-state index < -0.39 is 0 Å². The van der Waals surface area contributed by atoms with Crippen molar-refractivity contribution in [3.05, 3.63) is 29.3 Å². The maximum absolute atomic E-state index is 5.27. The van der Waals surface area contributed by atoms with Gasteiger partial charge in [-0.3, -0.25) is 0 Å². The largest absolute Gasteiger partial charge is 0.496 e. The zero-order valence-corrected chi connectivity index (χ0v) is 9.55. The zero-order valence-electron chi connectivity index (χ0n) is 9.55. The van der Waals surface area contributed by atoms with Crippen molar-refractivity contribution in [1.29, 1.82) is 0 Å². The van der Waals surface area contributed by atoms with Crippen molar-refractivity contribution in [2.24, 2.45) is 0 Å². The Morgan fingerprint density at radius 3 is 2.87 bits per heavy atom. The molecule has 15 heavy (non-hydrogen) atoms. The minimum Gasteiger partial charge on any atom is -0.496 e. The highest BCUT2D eigenvalue weighted by atomic mass is 16.5. The van der Waals surface area contributed by atoms with E-state index in [9.17, 15) is 0 Å². The zero-order chi connectivity index (χ0) is 10.7. The number of aryl methyl sites for hydroxylation is 1. The van der Waals surface area contributed by atoms with Crippen LogP contribution >= 0.6 is 0 Å². The molecular weight excluding hydrogens is 186 g/mol. The number of hydrogen-bond donors (Lipinski definition) is 1. The highest BCUT2D eigenvalue weighted by Gasteiger charge is 2.15. The molecule has 1 unspecified atom stereocenters. The summed E-state index contributed by atoms with van der Waals surface area (Å²) in [5.41, 5.74) is 2.68. The number of piperidine rings is 1. The molecule has 2 rings (SSSR count). The summed E-state index contributed by atoms with van der Waals surface area (Å²) in [6, 6.07) is 6.54. The van der Waals surface area contributed by atoms with Gasteiger partial charge < -0.3 is 10.1 Å². The Morgan fingerprint density at radius 1 is 1.40 bits per heavy atom. The molecule has 0 spiro atoms. The number of hydrogen-bond acceptors (Lipinski definition) is 2. The summed E-state index contributed by atoms with van der Waals surface area (Å²) in [6.07, 6.45) is 2.59. The second-order valence-corrected chi connectivity index (χ2v) is 4.27. The minimum absolute atomic E-state index is 0.684. The van der Waals surface area contributed by atoms with E-state index in [1.807, 2.05) is 0 Å². The third kappa shape index (κ3) is 2.32. The van der Waals surface area contributed by atoms with Gasteiger partial charge in [-0.1, -0.05) is 12.1 Å². The summed E-state index contributed by atoms with van der Waals surface area (Å²) in [5, 5.41) is 3.45. The first-order chi connectivity index (χ1) is 7.31. The lowest BCUT2D eigenvalue weighted by molar-refractivity contribution is 0.410. The lowest BCUT2D eigenvalue weighted by Crippen LogP contribution is -2.28. The molecular formula is C13H19NO. The first kappa shape index (κ1) is 10.5. The molecule has 0 saturated carbocycles. The summed E-state index contributed by atoms with van der Waals surface area (Å²) < 4.78 is 5.27. The summed E-state index contributed by atoms with van der Waals surface area (Å²) in [7, 11) is 1.73. The monoisotopic (exact) mass is 205 g/mol. The lowest BCUT2D eigenvalue weighted by Gasteiger charge is -2.23. The molecule has 0 amide bonds. The average molecular weight is 205 g/mol. The van der Waals surface area contributed by atoms with E-state index in [-0.39, 0.29) is 0 Å². The van der Waals surface area contributed by atoms with Crippen LogP contribution in [0, 0.1) is 6.92 Å². The van der Waals surface area contributed by atoms with Crippen molar-refractivity contribution >= 4 is 0 Å². The van der Waals surface area contributed by atoms with E-state index in [2.05, 4.69) is 30.4 Å². The summed E-state index contributed by atoms with van der Waals surface area (Å²) in [6.45, 7) is 4.40. The molecule has 1 aliphatic rings. The Labute approximate surface area is 91.6 Å². The van der Waals surface area contributed by atoms with Gasteiger partial charge in [0.15, 0.2) is 0 Å². The Bertz CT molecular complexity index is 329. The molecule has 0 radical (unpaired) electrons. The average Bonchev–Trinajstić information content (AvgIpc) is 2.30. The molecule has 0 aliphatic carbocycles. The van der Waals surface area contributed by atoms with Gasteiger partial charge >= 0.3 is 0 Å². The smallest absolute Gasteiger partial charge is 0.121 e. The SMILES string of the molecule is COc1ccc(C2CCCNC2)cc1C. The molecule has 0 bridgehead atoms. The minimum atomic E-state index is 0.684. The Hall–Kier alpha value is -1.02. The van der Waals surface area contributed by atoms with Crippen molar-refractivity contribution in [2.75, 3.05) is 20.2 Å². The second-order valence-electron chi connectivity index (χ2n) is 4.27. The number of ether oxygens (including phenoxy) is 1. The van der Waals surface area contributed by atoms with Crippen molar-refractivity contribution < 1.29 is 4.74 Å². The second kappa shape index (κ2) is 4.67. The van der Waals surface area contributed by atoms with Gasteiger partial charge in [-0.2, -0.15) is 0 Å². The maximum Gasteiger partial charge on any atom is 0.121 e. The van der Waals surface area contributed by atoms with Crippen LogP contribution in [0.1, 0.15) is 29.9 Å². The predicted molar refractivity (Wildman–Crippen MR) is 62.6 cm³/mol. The number of rotatable bonds is 2. The third-order valence-corrected chi connectivity index (χ3v) is 3.19. The van der Waals surface area contributed by atoms with Gasteiger partial charge in [0.05, 0.1) is 7.11 Å². The summed E-state index contributed by atoms with van der Waals surface area (Å²) >= 11 is 0. The van der Waals surface area contributed by atoms with E-state index in [1.165, 1.54) is 30.5 Å². The molecule has 1 fully saturated rings. The molecule has 0 aromatic heterocycles. The van der Waals surface area contributed by atoms with Crippen LogP contribution < -0.4 is 10.1 Å². The number of nitrogens with one attached hydrogen (secondary N) is 1. The predicted octanol–water partition coefficient (Wildman–Crippen LogP) is 2.47. The van der Waals surface area contributed by atoms with E-state index >= 15 is 0 Å². The standard InChI is InChI=1S/C13H19NO/c1-10-8-11(5-6-13(10)15-2)12-4-3-7-14-9-12/h5-6,8,12,14H,3-4,7,9H2,1-2H3. The van der Waals surface area contributed by atoms with Crippen LogP contribution in [0.25, 0.3) is 0 Å². The number of methoxy groups -OCH3 is 1. The molecule has 1 N–H and O–H groups in total. The first-order valence-corrected chi connectivity index (χ1v) is 5.66. The Balaban J connectivity index is 2.17. The number of benzene rings is 1. The fraction of sp³-hybridized carbons (Fsp3) is 0.538. The fourth-order valence-electron chi connectivity index (χ4n) is 2.29. The molecule has 1 aromatic carbocycles. The van der Waals surface area contributed by atoms with Gasteiger partial charge in [-0.05, 0) is 49.4 Å². The van der Waals surface area contributed by atoms with Crippen LogP contribution in [-0.4, -0.2) is 20.2 Å². The Morgan fingerprint density at radius 2 is 2.27 bits per heavy atom. The molecule has 82 valence electrons. The van der Waals surface area contributed by atoms with Gasteiger partial charge in [-0.15, -0.1) is 0 Å². The molecule has 1 aliphatic heterocycles. The van der Waals surface area contributed by atoms with Crippen LogP contribution in [0.2, 0.25) is 0 Å². The molecule has 1 atom stereocenters. The van der Waals surface area contributed by atoms with Crippen LogP contribution in [-0.2, 0) is 0 Å². The normalized spacial score (nSPS) is 21.3. The molecule has 1 saturated heterocycles. The molecule has 1 aromatic rings. The highest BCUT2D eigenvalue weighted by Crippen LogP contribution is 2.27. The van der Waals surface area contributed by atoms with Crippen molar-refractivity contribution in [1.82, 2.24) is 5.32 Å². The van der Waals surface area contributed by atoms with Gasteiger partial charge in [0.2, 0.25) is 0 Å². The van der Waals surface area contributed by atoms with Crippen LogP contribution in [0.3, 0.4) is 0 Å².